The molecular weight excluding hydrogens is 274 g/mol. The van der Waals surface area contributed by atoms with Crippen LogP contribution in [-0.4, -0.2) is 35.7 Å². The highest BCUT2D eigenvalue weighted by atomic mass is 35.5. The third kappa shape index (κ3) is 1.97. The second kappa shape index (κ2) is 4.61. The van der Waals surface area contributed by atoms with Crippen molar-refractivity contribution in [2.24, 2.45) is 0 Å². The van der Waals surface area contributed by atoms with Crippen molar-refractivity contribution in [2.45, 2.75) is 5.03 Å². The minimum atomic E-state index is -3.76. The molecule has 0 saturated carbocycles. The van der Waals surface area contributed by atoms with Crippen LogP contribution in [0.2, 0.25) is 5.15 Å². The second-order valence-corrected chi connectivity index (χ2v) is 5.92. The molecule has 0 aromatic carbocycles. The number of hydrogen-bond donors (Lipinski definition) is 0. The van der Waals surface area contributed by atoms with Crippen LogP contribution in [0.3, 0.4) is 0 Å². The van der Waals surface area contributed by atoms with Crippen molar-refractivity contribution in [3.05, 3.63) is 29.5 Å². The molecule has 18 heavy (non-hydrogen) atoms. The fraction of sp³-hybridized carbons (Fsp3) is 0.182. The molecule has 0 atom stereocenters. The van der Waals surface area contributed by atoms with E-state index in [0.717, 1.165) is 4.31 Å². The van der Waals surface area contributed by atoms with Crippen molar-refractivity contribution in [3.63, 3.8) is 0 Å². The number of rotatable bonds is 3. The molecule has 7 heteroatoms. The molecule has 0 spiro atoms. The molecule has 2 aromatic rings. The van der Waals surface area contributed by atoms with Gasteiger partial charge in [-0.1, -0.05) is 23.6 Å². The van der Waals surface area contributed by atoms with E-state index in [4.69, 9.17) is 18.0 Å². The largest absolute Gasteiger partial charge is 0.288 e. The topological polar surface area (TPSA) is 54.7 Å². The first-order valence-electron chi connectivity index (χ1n) is 5.01. The monoisotopic (exact) mass is 283 g/mol. The number of sulfonamides is 1. The van der Waals surface area contributed by atoms with Gasteiger partial charge in [-0.15, -0.1) is 6.42 Å². The van der Waals surface area contributed by atoms with E-state index in [1.165, 1.54) is 11.4 Å². The predicted octanol–water partition coefficient (Wildman–Crippen LogP) is 1.24. The number of aromatic nitrogens is 2. The summed E-state index contributed by atoms with van der Waals surface area (Å²) in [5.74, 6) is 2.28. The summed E-state index contributed by atoms with van der Waals surface area (Å²) in [6.07, 6.45) is 6.71. The van der Waals surface area contributed by atoms with Gasteiger partial charge in [-0.25, -0.2) is 13.4 Å². The van der Waals surface area contributed by atoms with Crippen molar-refractivity contribution >= 4 is 27.3 Å². The molecule has 0 fully saturated rings. The molecule has 2 heterocycles. The van der Waals surface area contributed by atoms with E-state index in [-0.39, 0.29) is 16.7 Å². The van der Waals surface area contributed by atoms with E-state index in [2.05, 4.69) is 10.9 Å². The minimum absolute atomic E-state index is 0.0290. The Bertz CT molecular complexity index is 730. The summed E-state index contributed by atoms with van der Waals surface area (Å²) in [5, 5.41) is -0.136. The van der Waals surface area contributed by atoms with Crippen LogP contribution in [0.4, 0.5) is 0 Å². The van der Waals surface area contributed by atoms with E-state index >= 15 is 0 Å². The van der Waals surface area contributed by atoms with Crippen LogP contribution < -0.4 is 0 Å². The van der Waals surface area contributed by atoms with Crippen LogP contribution in [0.5, 0.6) is 0 Å². The molecule has 0 unspecified atom stereocenters. The summed E-state index contributed by atoms with van der Waals surface area (Å²) in [6, 6.07) is 5.12. The number of nitrogens with zero attached hydrogens (tertiary/aromatic N) is 3. The zero-order valence-electron chi connectivity index (χ0n) is 9.54. The minimum Gasteiger partial charge on any atom is -0.288 e. The van der Waals surface area contributed by atoms with Gasteiger partial charge in [0.25, 0.3) is 10.0 Å². The number of halogens is 1. The Hall–Kier alpha value is -1.55. The molecule has 0 amide bonds. The quantitative estimate of drug-likeness (QED) is 0.797. The number of imidazole rings is 1. The standard InChI is InChI=1S/C11H10ClN3O2S/c1-3-7-14(2)18(16,17)11-10(12)13-9-6-4-5-8-15(9)11/h1,4-6,8H,7H2,2H3. The molecule has 94 valence electrons. The van der Waals surface area contributed by atoms with Gasteiger partial charge in [0.2, 0.25) is 0 Å². The van der Waals surface area contributed by atoms with E-state index in [0.29, 0.717) is 5.65 Å². The molecule has 0 aliphatic carbocycles. The van der Waals surface area contributed by atoms with Gasteiger partial charge in [0.1, 0.15) is 5.65 Å². The lowest BCUT2D eigenvalue weighted by molar-refractivity contribution is 0.498. The van der Waals surface area contributed by atoms with Crippen LogP contribution >= 0.6 is 11.6 Å². The Labute approximate surface area is 110 Å². The summed E-state index contributed by atoms with van der Waals surface area (Å²) in [5.41, 5.74) is 0.468. The zero-order valence-corrected chi connectivity index (χ0v) is 11.1. The number of hydrogen-bond acceptors (Lipinski definition) is 3. The lowest BCUT2D eigenvalue weighted by Crippen LogP contribution is -2.28. The summed E-state index contributed by atoms with van der Waals surface area (Å²) >= 11 is 5.91. The summed E-state index contributed by atoms with van der Waals surface area (Å²) < 4.78 is 27.1. The Morgan fingerprint density at radius 2 is 2.28 bits per heavy atom. The summed E-state index contributed by atoms with van der Waals surface area (Å²) in [7, 11) is -2.36. The predicted molar refractivity (Wildman–Crippen MR) is 68.9 cm³/mol. The maximum Gasteiger partial charge on any atom is 0.262 e. The SMILES string of the molecule is C#CCN(C)S(=O)(=O)c1c(Cl)nc2ccccn12. The molecule has 0 aliphatic rings. The Morgan fingerprint density at radius 3 is 2.94 bits per heavy atom. The van der Waals surface area contributed by atoms with Crippen LogP contribution in [0, 0.1) is 12.3 Å². The average molecular weight is 284 g/mol. The lowest BCUT2D eigenvalue weighted by Gasteiger charge is -2.13. The number of fused-ring (bicyclic) bond motifs is 1. The van der Waals surface area contributed by atoms with E-state index < -0.39 is 10.0 Å². The van der Waals surface area contributed by atoms with Crippen LogP contribution in [-0.2, 0) is 10.0 Å². The lowest BCUT2D eigenvalue weighted by atomic mass is 10.5. The van der Waals surface area contributed by atoms with Crippen molar-refractivity contribution in [1.29, 1.82) is 0 Å². The van der Waals surface area contributed by atoms with Crippen LogP contribution in [0.1, 0.15) is 0 Å². The van der Waals surface area contributed by atoms with E-state index in [1.54, 1.807) is 24.4 Å². The summed E-state index contributed by atoms with van der Waals surface area (Å²) in [4.78, 5) is 3.99. The van der Waals surface area contributed by atoms with Gasteiger partial charge >= 0.3 is 0 Å². The maximum absolute atomic E-state index is 12.3. The van der Waals surface area contributed by atoms with Gasteiger partial charge in [0.15, 0.2) is 10.2 Å². The second-order valence-electron chi connectivity index (χ2n) is 3.60. The zero-order chi connectivity index (χ0) is 13.3. The van der Waals surface area contributed by atoms with Gasteiger partial charge in [-0.2, -0.15) is 4.31 Å². The molecule has 0 bridgehead atoms. The van der Waals surface area contributed by atoms with Gasteiger partial charge in [0.05, 0.1) is 6.54 Å². The normalized spacial score (nSPS) is 11.9. The smallest absolute Gasteiger partial charge is 0.262 e. The van der Waals surface area contributed by atoms with Gasteiger partial charge in [0, 0.05) is 13.2 Å². The number of pyridine rings is 1. The molecule has 0 N–H and O–H groups in total. The van der Waals surface area contributed by atoms with Crippen LogP contribution in [0.25, 0.3) is 5.65 Å². The fourth-order valence-corrected chi connectivity index (χ4v) is 3.21. The Kier molecular flexibility index (Phi) is 3.30. The highest BCUT2D eigenvalue weighted by Crippen LogP contribution is 2.24. The average Bonchev–Trinajstić information content (AvgIpc) is 2.65. The molecule has 0 aliphatic heterocycles. The molecule has 2 rings (SSSR count). The van der Waals surface area contributed by atoms with E-state index in [9.17, 15) is 8.42 Å². The molecule has 2 aromatic heterocycles. The summed E-state index contributed by atoms with van der Waals surface area (Å²) in [6.45, 7) is -0.0290. The van der Waals surface area contributed by atoms with Gasteiger partial charge < -0.3 is 0 Å². The van der Waals surface area contributed by atoms with Crippen LogP contribution in [0.15, 0.2) is 29.4 Å². The number of terminal acetylenes is 1. The molecular formula is C11H10ClN3O2S. The Balaban J connectivity index is 2.68. The first-order chi connectivity index (χ1) is 8.48. The first kappa shape index (κ1) is 12.9. The van der Waals surface area contributed by atoms with E-state index in [1.807, 2.05) is 0 Å². The third-order valence-corrected chi connectivity index (χ3v) is 4.62. The fourth-order valence-electron chi connectivity index (χ4n) is 1.54. The molecule has 0 radical (unpaired) electrons. The first-order valence-corrected chi connectivity index (χ1v) is 6.82. The van der Waals surface area contributed by atoms with Crippen molar-refractivity contribution in [1.82, 2.24) is 13.7 Å². The van der Waals surface area contributed by atoms with Crippen molar-refractivity contribution in [3.8, 4) is 12.3 Å². The Morgan fingerprint density at radius 1 is 1.56 bits per heavy atom. The molecule has 0 saturated heterocycles. The molecule has 5 nitrogen and oxygen atoms in total. The van der Waals surface area contributed by atoms with Gasteiger partial charge in [-0.05, 0) is 12.1 Å². The highest BCUT2D eigenvalue weighted by Gasteiger charge is 2.28. The van der Waals surface area contributed by atoms with Crippen molar-refractivity contribution < 1.29 is 8.42 Å². The maximum atomic E-state index is 12.3. The van der Waals surface area contributed by atoms with Gasteiger partial charge in [-0.3, -0.25) is 4.40 Å². The highest BCUT2D eigenvalue weighted by molar-refractivity contribution is 7.89. The third-order valence-electron chi connectivity index (χ3n) is 2.41. The van der Waals surface area contributed by atoms with Crippen molar-refractivity contribution in [2.75, 3.05) is 13.6 Å².